The summed E-state index contributed by atoms with van der Waals surface area (Å²) in [7, 11) is 2.97. The highest BCUT2D eigenvalue weighted by Crippen LogP contribution is 2.36. The van der Waals surface area contributed by atoms with E-state index in [-0.39, 0.29) is 0 Å². The summed E-state index contributed by atoms with van der Waals surface area (Å²) in [6, 6.07) is 9.60. The molecule has 0 spiro atoms. The van der Waals surface area contributed by atoms with Crippen LogP contribution in [0.2, 0.25) is 10.0 Å². The Kier molecular flexibility index (Phi) is 5.35. The number of methoxy groups -OCH3 is 2. The van der Waals surface area contributed by atoms with Crippen LogP contribution in [-0.4, -0.2) is 20.3 Å². The molecule has 116 valence electrons. The van der Waals surface area contributed by atoms with Crippen molar-refractivity contribution in [2.45, 2.75) is 0 Å². The van der Waals surface area contributed by atoms with Crippen molar-refractivity contribution in [1.82, 2.24) is 0 Å². The van der Waals surface area contributed by atoms with E-state index < -0.39 is 6.03 Å². The Labute approximate surface area is 138 Å². The number of nitrogens with one attached hydrogen (secondary N) is 2. The molecule has 0 saturated heterocycles. The molecular formula is C15H14Cl2N2O3. The van der Waals surface area contributed by atoms with E-state index in [1.807, 2.05) is 0 Å². The van der Waals surface area contributed by atoms with Gasteiger partial charge >= 0.3 is 6.03 Å². The molecule has 0 atom stereocenters. The molecule has 2 aromatic carbocycles. The SMILES string of the molecule is COc1cc(NC(=O)Nc2ccccc2Cl)c(OC)cc1Cl. The lowest BCUT2D eigenvalue weighted by molar-refractivity contribution is 0.262. The van der Waals surface area contributed by atoms with Crippen molar-refractivity contribution >= 4 is 40.6 Å². The summed E-state index contributed by atoms with van der Waals surface area (Å²) in [5.74, 6) is 0.843. The van der Waals surface area contributed by atoms with Gasteiger partial charge in [-0.05, 0) is 12.1 Å². The first kappa shape index (κ1) is 16.3. The quantitative estimate of drug-likeness (QED) is 0.851. The first-order chi connectivity index (χ1) is 10.5. The fraction of sp³-hybridized carbons (Fsp3) is 0.133. The molecule has 0 unspecified atom stereocenters. The normalized spacial score (nSPS) is 10.0. The third-order valence-corrected chi connectivity index (χ3v) is 3.47. The highest BCUT2D eigenvalue weighted by Gasteiger charge is 2.13. The van der Waals surface area contributed by atoms with Crippen molar-refractivity contribution < 1.29 is 14.3 Å². The van der Waals surface area contributed by atoms with E-state index in [1.54, 1.807) is 36.4 Å². The summed E-state index contributed by atoms with van der Waals surface area (Å²) < 4.78 is 10.3. The van der Waals surface area contributed by atoms with Gasteiger partial charge in [-0.3, -0.25) is 0 Å². The molecule has 0 aromatic heterocycles. The minimum Gasteiger partial charge on any atom is -0.495 e. The second kappa shape index (κ2) is 7.24. The summed E-state index contributed by atoms with van der Waals surface area (Å²) in [5, 5.41) is 6.15. The standard InChI is InChI=1S/C15H14Cl2N2O3/c1-21-13-8-12(14(22-2)7-10(13)17)19-15(20)18-11-6-4-3-5-9(11)16/h3-8H,1-2H3,(H2,18,19,20). The molecule has 0 fully saturated rings. The van der Waals surface area contributed by atoms with Crippen LogP contribution in [-0.2, 0) is 0 Å². The van der Waals surface area contributed by atoms with Gasteiger partial charge in [-0.1, -0.05) is 35.3 Å². The lowest BCUT2D eigenvalue weighted by Gasteiger charge is -2.14. The summed E-state index contributed by atoms with van der Waals surface area (Å²) in [4.78, 5) is 12.1. The van der Waals surface area contributed by atoms with Crippen molar-refractivity contribution in [3.63, 3.8) is 0 Å². The number of urea groups is 1. The van der Waals surface area contributed by atoms with Gasteiger partial charge in [-0.2, -0.15) is 0 Å². The maximum atomic E-state index is 12.1. The fourth-order valence-electron chi connectivity index (χ4n) is 1.80. The number of benzene rings is 2. The van der Waals surface area contributed by atoms with E-state index in [9.17, 15) is 4.79 Å². The van der Waals surface area contributed by atoms with Crippen LogP contribution in [0.1, 0.15) is 0 Å². The first-order valence-corrected chi connectivity index (χ1v) is 7.04. The van der Waals surface area contributed by atoms with Crippen LogP contribution in [0.25, 0.3) is 0 Å². The van der Waals surface area contributed by atoms with Gasteiger partial charge in [-0.15, -0.1) is 0 Å². The first-order valence-electron chi connectivity index (χ1n) is 6.29. The predicted molar refractivity (Wildman–Crippen MR) is 88.6 cm³/mol. The van der Waals surface area contributed by atoms with Crippen LogP contribution < -0.4 is 20.1 Å². The zero-order chi connectivity index (χ0) is 16.1. The molecule has 0 radical (unpaired) electrons. The second-order valence-electron chi connectivity index (χ2n) is 4.25. The van der Waals surface area contributed by atoms with Crippen molar-refractivity contribution in [1.29, 1.82) is 0 Å². The third-order valence-electron chi connectivity index (χ3n) is 2.84. The van der Waals surface area contributed by atoms with E-state index in [2.05, 4.69) is 10.6 Å². The number of ether oxygens (including phenoxy) is 2. The van der Waals surface area contributed by atoms with Crippen LogP contribution in [0.5, 0.6) is 11.5 Å². The molecule has 0 saturated carbocycles. The smallest absolute Gasteiger partial charge is 0.323 e. The number of carbonyl (C=O) groups is 1. The summed E-state index contributed by atoms with van der Waals surface area (Å²) in [5.41, 5.74) is 0.926. The molecule has 0 aliphatic carbocycles. The molecule has 2 amide bonds. The Bertz CT molecular complexity index is 692. The van der Waals surface area contributed by atoms with E-state index in [0.29, 0.717) is 32.9 Å². The van der Waals surface area contributed by atoms with Gasteiger partial charge in [0.25, 0.3) is 0 Å². The van der Waals surface area contributed by atoms with Crippen LogP contribution in [0.3, 0.4) is 0 Å². The number of para-hydroxylation sites is 1. The molecule has 0 aliphatic rings. The molecular weight excluding hydrogens is 327 g/mol. The van der Waals surface area contributed by atoms with Gasteiger partial charge in [0.1, 0.15) is 11.5 Å². The predicted octanol–water partition coefficient (Wildman–Crippen LogP) is 4.65. The number of rotatable bonds is 4. The van der Waals surface area contributed by atoms with E-state index in [0.717, 1.165) is 0 Å². The minimum atomic E-state index is -0.462. The molecule has 0 aliphatic heterocycles. The van der Waals surface area contributed by atoms with E-state index >= 15 is 0 Å². The molecule has 7 heteroatoms. The third kappa shape index (κ3) is 3.75. The summed E-state index contributed by atoms with van der Waals surface area (Å²) in [6.45, 7) is 0. The Hall–Kier alpha value is -2.11. The van der Waals surface area contributed by atoms with Gasteiger partial charge in [0, 0.05) is 12.1 Å². The van der Waals surface area contributed by atoms with Crippen molar-refractivity contribution in [3.8, 4) is 11.5 Å². The Morgan fingerprint density at radius 1 is 0.909 bits per heavy atom. The lowest BCUT2D eigenvalue weighted by Crippen LogP contribution is -2.20. The Balaban J connectivity index is 2.19. The zero-order valence-electron chi connectivity index (χ0n) is 11.9. The van der Waals surface area contributed by atoms with Gasteiger partial charge in [0.2, 0.25) is 0 Å². The highest BCUT2D eigenvalue weighted by atomic mass is 35.5. The average molecular weight is 341 g/mol. The van der Waals surface area contributed by atoms with Crippen LogP contribution in [0.15, 0.2) is 36.4 Å². The fourth-order valence-corrected chi connectivity index (χ4v) is 2.21. The van der Waals surface area contributed by atoms with E-state index in [1.165, 1.54) is 14.2 Å². The van der Waals surface area contributed by atoms with Crippen LogP contribution in [0.4, 0.5) is 16.2 Å². The Morgan fingerprint density at radius 3 is 2.18 bits per heavy atom. The lowest BCUT2D eigenvalue weighted by atomic mass is 10.2. The van der Waals surface area contributed by atoms with E-state index in [4.69, 9.17) is 32.7 Å². The van der Waals surface area contributed by atoms with Crippen LogP contribution >= 0.6 is 23.2 Å². The molecule has 0 heterocycles. The number of halogens is 2. The number of amides is 2. The zero-order valence-corrected chi connectivity index (χ0v) is 13.5. The maximum absolute atomic E-state index is 12.1. The molecule has 2 N–H and O–H groups in total. The number of anilines is 2. The number of hydrogen-bond acceptors (Lipinski definition) is 3. The largest absolute Gasteiger partial charge is 0.495 e. The van der Waals surface area contributed by atoms with Gasteiger partial charge in [0.15, 0.2) is 0 Å². The van der Waals surface area contributed by atoms with Gasteiger partial charge in [0.05, 0.1) is 35.6 Å². The minimum absolute atomic E-state index is 0.386. The van der Waals surface area contributed by atoms with Gasteiger partial charge < -0.3 is 20.1 Å². The molecule has 0 bridgehead atoms. The maximum Gasteiger partial charge on any atom is 0.323 e. The monoisotopic (exact) mass is 340 g/mol. The summed E-state index contributed by atoms with van der Waals surface area (Å²) in [6.07, 6.45) is 0. The van der Waals surface area contributed by atoms with Crippen molar-refractivity contribution in [2.24, 2.45) is 0 Å². The summed E-state index contributed by atoms with van der Waals surface area (Å²) >= 11 is 12.0. The van der Waals surface area contributed by atoms with Crippen LogP contribution in [0, 0.1) is 0 Å². The topological polar surface area (TPSA) is 59.6 Å². The van der Waals surface area contributed by atoms with Crippen molar-refractivity contribution in [3.05, 3.63) is 46.4 Å². The average Bonchev–Trinajstić information content (AvgIpc) is 2.50. The highest BCUT2D eigenvalue weighted by molar-refractivity contribution is 6.34. The molecule has 5 nitrogen and oxygen atoms in total. The molecule has 22 heavy (non-hydrogen) atoms. The van der Waals surface area contributed by atoms with Gasteiger partial charge in [-0.25, -0.2) is 4.79 Å². The molecule has 2 aromatic rings. The number of hydrogen-bond donors (Lipinski definition) is 2. The van der Waals surface area contributed by atoms with Crippen molar-refractivity contribution in [2.75, 3.05) is 24.9 Å². The number of carbonyl (C=O) groups excluding carboxylic acids is 1. The molecule has 2 rings (SSSR count). The Morgan fingerprint density at radius 2 is 1.55 bits per heavy atom. The second-order valence-corrected chi connectivity index (χ2v) is 5.06.